The topological polar surface area (TPSA) is 72.9 Å². The average Bonchev–Trinajstić information content (AvgIpc) is 2.98. The summed E-state index contributed by atoms with van der Waals surface area (Å²) < 4.78 is 35.2. The minimum absolute atomic E-state index is 0.0583. The number of amides is 1. The molecule has 0 radical (unpaired) electrons. The number of rotatable bonds is 4. The summed E-state index contributed by atoms with van der Waals surface area (Å²) in [5.41, 5.74) is 1.57. The highest BCUT2D eigenvalue weighted by Gasteiger charge is 2.25. The highest BCUT2D eigenvalue weighted by molar-refractivity contribution is 7.87. The van der Waals surface area contributed by atoms with Gasteiger partial charge in [-0.2, -0.15) is 8.42 Å². The Morgan fingerprint density at radius 3 is 2.58 bits per heavy atom. The van der Waals surface area contributed by atoms with Crippen molar-refractivity contribution in [1.29, 1.82) is 0 Å². The first kappa shape index (κ1) is 16.3. The van der Waals surface area contributed by atoms with Crippen LogP contribution in [0.5, 0.6) is 11.5 Å². The lowest BCUT2D eigenvalue weighted by molar-refractivity contribution is -0.116. The standard InChI is InChI=1S/C17H17NO5S/c1-12(19)18-9-8-13-10-16(6-7-17(13)18)24(20,21)23-15-5-3-4-14(11-15)22-2/h3-7,10-11H,8-9H2,1-2H3. The van der Waals surface area contributed by atoms with Gasteiger partial charge in [0, 0.05) is 25.2 Å². The van der Waals surface area contributed by atoms with Crippen molar-refractivity contribution in [2.75, 3.05) is 18.6 Å². The van der Waals surface area contributed by atoms with Gasteiger partial charge in [0.05, 0.1) is 7.11 Å². The molecule has 6 nitrogen and oxygen atoms in total. The largest absolute Gasteiger partial charge is 0.497 e. The zero-order valence-electron chi connectivity index (χ0n) is 13.4. The van der Waals surface area contributed by atoms with E-state index < -0.39 is 10.1 Å². The van der Waals surface area contributed by atoms with E-state index >= 15 is 0 Å². The molecule has 0 spiro atoms. The van der Waals surface area contributed by atoms with Crippen molar-refractivity contribution in [1.82, 2.24) is 0 Å². The normalized spacial score (nSPS) is 13.5. The second-order valence-electron chi connectivity index (χ2n) is 5.43. The van der Waals surface area contributed by atoms with Crippen LogP contribution < -0.4 is 13.8 Å². The number of nitrogens with zero attached hydrogens (tertiary/aromatic N) is 1. The third kappa shape index (κ3) is 3.07. The van der Waals surface area contributed by atoms with Gasteiger partial charge in [-0.05, 0) is 42.3 Å². The van der Waals surface area contributed by atoms with E-state index in [9.17, 15) is 13.2 Å². The van der Waals surface area contributed by atoms with Crippen LogP contribution in [0.2, 0.25) is 0 Å². The van der Waals surface area contributed by atoms with Crippen molar-refractivity contribution < 1.29 is 22.1 Å². The Balaban J connectivity index is 1.89. The molecule has 2 aromatic carbocycles. The molecule has 126 valence electrons. The summed E-state index contributed by atoms with van der Waals surface area (Å²) in [6.45, 7) is 2.05. The molecule has 0 aliphatic carbocycles. The van der Waals surface area contributed by atoms with E-state index in [0.29, 0.717) is 18.7 Å². The van der Waals surface area contributed by atoms with Crippen LogP contribution in [0.25, 0.3) is 0 Å². The quantitative estimate of drug-likeness (QED) is 0.794. The summed E-state index contributed by atoms with van der Waals surface area (Å²) in [5, 5.41) is 0. The van der Waals surface area contributed by atoms with Crippen LogP contribution in [-0.4, -0.2) is 28.0 Å². The lowest BCUT2D eigenvalue weighted by Gasteiger charge is -2.15. The second kappa shape index (κ2) is 6.16. The molecule has 0 saturated heterocycles. The summed E-state index contributed by atoms with van der Waals surface area (Å²) in [7, 11) is -2.46. The van der Waals surface area contributed by atoms with E-state index in [1.807, 2.05) is 0 Å². The number of carbonyl (C=O) groups excluding carboxylic acids is 1. The van der Waals surface area contributed by atoms with Crippen molar-refractivity contribution in [3.63, 3.8) is 0 Å². The molecule has 7 heteroatoms. The van der Waals surface area contributed by atoms with Crippen LogP contribution in [0.3, 0.4) is 0 Å². The van der Waals surface area contributed by atoms with Crippen molar-refractivity contribution in [2.45, 2.75) is 18.2 Å². The van der Waals surface area contributed by atoms with E-state index in [2.05, 4.69) is 0 Å². The molecule has 0 atom stereocenters. The van der Waals surface area contributed by atoms with E-state index in [1.165, 1.54) is 26.2 Å². The molecule has 2 aromatic rings. The third-order valence-electron chi connectivity index (χ3n) is 3.86. The zero-order valence-corrected chi connectivity index (χ0v) is 14.2. The van der Waals surface area contributed by atoms with Gasteiger partial charge >= 0.3 is 10.1 Å². The number of ether oxygens (including phenoxy) is 1. The molecule has 1 heterocycles. The van der Waals surface area contributed by atoms with Crippen molar-refractivity contribution in [3.05, 3.63) is 48.0 Å². The number of methoxy groups -OCH3 is 1. The molecule has 0 saturated carbocycles. The van der Waals surface area contributed by atoms with Crippen LogP contribution >= 0.6 is 0 Å². The van der Waals surface area contributed by atoms with Crippen molar-refractivity contribution in [3.8, 4) is 11.5 Å². The molecule has 1 aliphatic rings. The fourth-order valence-corrected chi connectivity index (χ4v) is 3.66. The first-order valence-electron chi connectivity index (χ1n) is 7.40. The van der Waals surface area contributed by atoms with Gasteiger partial charge in [-0.25, -0.2) is 0 Å². The van der Waals surface area contributed by atoms with Crippen molar-refractivity contribution >= 4 is 21.7 Å². The number of fused-ring (bicyclic) bond motifs is 1. The Bertz CT molecular complexity index is 892. The fourth-order valence-electron chi connectivity index (χ4n) is 2.69. The predicted octanol–water partition coefficient (Wildman–Crippen LogP) is 2.37. The van der Waals surface area contributed by atoms with E-state index in [0.717, 1.165) is 11.3 Å². The SMILES string of the molecule is COc1cccc(OS(=O)(=O)c2ccc3c(c2)CCN3C(C)=O)c1. The molecule has 1 aliphatic heterocycles. The summed E-state index contributed by atoms with van der Waals surface area (Å²) in [6.07, 6.45) is 0.622. The molecule has 0 aromatic heterocycles. The number of hydrogen-bond donors (Lipinski definition) is 0. The van der Waals surface area contributed by atoms with Gasteiger partial charge in [0.25, 0.3) is 0 Å². The van der Waals surface area contributed by atoms with E-state index in [-0.39, 0.29) is 16.6 Å². The molecule has 0 bridgehead atoms. The maximum atomic E-state index is 12.5. The van der Waals surface area contributed by atoms with Crippen LogP contribution in [-0.2, 0) is 21.3 Å². The minimum Gasteiger partial charge on any atom is -0.497 e. The number of hydrogen-bond acceptors (Lipinski definition) is 5. The maximum Gasteiger partial charge on any atom is 0.339 e. The first-order chi connectivity index (χ1) is 11.4. The molecule has 24 heavy (non-hydrogen) atoms. The molecule has 0 unspecified atom stereocenters. The summed E-state index contributed by atoms with van der Waals surface area (Å²) in [6, 6.07) is 11.1. The summed E-state index contributed by atoms with van der Waals surface area (Å²) in [5.74, 6) is 0.631. The Morgan fingerprint density at radius 2 is 1.88 bits per heavy atom. The second-order valence-corrected chi connectivity index (χ2v) is 6.97. The smallest absolute Gasteiger partial charge is 0.339 e. The number of carbonyl (C=O) groups is 1. The van der Waals surface area contributed by atoms with Gasteiger partial charge < -0.3 is 13.8 Å². The van der Waals surface area contributed by atoms with E-state index in [4.69, 9.17) is 8.92 Å². The number of anilines is 1. The fraction of sp³-hybridized carbons (Fsp3) is 0.235. The zero-order chi connectivity index (χ0) is 17.3. The molecular weight excluding hydrogens is 330 g/mol. The minimum atomic E-state index is -3.96. The maximum absolute atomic E-state index is 12.5. The molecule has 3 rings (SSSR count). The first-order valence-corrected chi connectivity index (χ1v) is 8.81. The lowest BCUT2D eigenvalue weighted by Crippen LogP contribution is -2.25. The number of benzene rings is 2. The molecular formula is C17H17NO5S. The van der Waals surface area contributed by atoms with Crippen LogP contribution in [0.15, 0.2) is 47.4 Å². The predicted molar refractivity (Wildman–Crippen MR) is 89.0 cm³/mol. The van der Waals surface area contributed by atoms with Gasteiger partial charge in [0.2, 0.25) is 5.91 Å². The highest BCUT2D eigenvalue weighted by atomic mass is 32.2. The van der Waals surface area contributed by atoms with Crippen molar-refractivity contribution in [2.24, 2.45) is 0 Å². The van der Waals surface area contributed by atoms with Gasteiger partial charge in [-0.1, -0.05) is 6.07 Å². The Kier molecular flexibility index (Phi) is 4.19. The van der Waals surface area contributed by atoms with Gasteiger partial charge in [0.1, 0.15) is 16.4 Å². The molecule has 1 amide bonds. The van der Waals surface area contributed by atoms with Gasteiger partial charge in [-0.3, -0.25) is 4.79 Å². The summed E-state index contributed by atoms with van der Waals surface area (Å²) >= 11 is 0. The van der Waals surface area contributed by atoms with Gasteiger partial charge in [-0.15, -0.1) is 0 Å². The monoisotopic (exact) mass is 347 g/mol. The Labute approximate surface area is 140 Å². The van der Waals surface area contributed by atoms with Gasteiger partial charge in [0.15, 0.2) is 0 Å². The van der Waals surface area contributed by atoms with Crippen LogP contribution in [0.1, 0.15) is 12.5 Å². The lowest BCUT2D eigenvalue weighted by atomic mass is 10.2. The molecule has 0 N–H and O–H groups in total. The highest BCUT2D eigenvalue weighted by Crippen LogP contribution is 2.31. The third-order valence-corrected chi connectivity index (χ3v) is 5.11. The molecule has 0 fully saturated rings. The van der Waals surface area contributed by atoms with Crippen LogP contribution in [0, 0.1) is 0 Å². The average molecular weight is 347 g/mol. The van der Waals surface area contributed by atoms with E-state index in [1.54, 1.807) is 35.2 Å². The Morgan fingerprint density at radius 1 is 1.12 bits per heavy atom. The van der Waals surface area contributed by atoms with Crippen LogP contribution in [0.4, 0.5) is 5.69 Å². The summed E-state index contributed by atoms with van der Waals surface area (Å²) in [4.78, 5) is 13.3. The Hall–Kier alpha value is -2.54.